The summed E-state index contributed by atoms with van der Waals surface area (Å²) in [5, 5.41) is 12.8. The molecule has 0 spiro atoms. The first-order valence-electron chi connectivity index (χ1n) is 3.80. The molecule has 2 aromatic heterocycles. The Balaban J connectivity index is 2.90. The van der Waals surface area contributed by atoms with Crippen molar-refractivity contribution in [3.8, 4) is 0 Å². The molecule has 0 amide bonds. The second-order valence-electron chi connectivity index (χ2n) is 2.73. The topological polar surface area (TPSA) is 106 Å². The van der Waals surface area contributed by atoms with E-state index in [1.807, 2.05) is 0 Å². The van der Waals surface area contributed by atoms with Gasteiger partial charge in [0.05, 0.1) is 5.69 Å². The van der Waals surface area contributed by atoms with Crippen LogP contribution in [0.25, 0.3) is 5.65 Å². The quantitative estimate of drug-likeness (QED) is 0.644. The molecule has 2 heterocycles. The van der Waals surface area contributed by atoms with E-state index in [1.165, 1.54) is 10.8 Å². The molecule has 2 aromatic rings. The van der Waals surface area contributed by atoms with Crippen molar-refractivity contribution in [2.75, 3.05) is 5.73 Å². The summed E-state index contributed by atoms with van der Waals surface area (Å²) >= 11 is 0. The van der Waals surface area contributed by atoms with Gasteiger partial charge in [0, 0.05) is 0 Å². The van der Waals surface area contributed by atoms with Gasteiger partial charge in [-0.15, -0.1) is 0 Å². The van der Waals surface area contributed by atoms with Gasteiger partial charge in [-0.3, -0.25) is 0 Å². The molecule has 7 nitrogen and oxygen atoms in total. The summed E-state index contributed by atoms with van der Waals surface area (Å²) in [7, 11) is 0. The summed E-state index contributed by atoms with van der Waals surface area (Å²) in [6.07, 6.45) is 1.21. The number of hydrogen-bond donors (Lipinski definition) is 2. The maximum absolute atomic E-state index is 10.9. The van der Waals surface area contributed by atoms with Crippen LogP contribution in [0.3, 0.4) is 0 Å². The molecule has 3 N–H and O–H groups in total. The lowest BCUT2D eigenvalue weighted by molar-refractivity contribution is 0.0698. The number of carboxylic acids is 1. The third-order valence-corrected chi connectivity index (χ3v) is 1.84. The van der Waals surface area contributed by atoms with Gasteiger partial charge in [0.25, 0.3) is 0 Å². The van der Waals surface area contributed by atoms with Crippen LogP contribution in [0.1, 0.15) is 16.1 Å². The highest BCUT2D eigenvalue weighted by Gasteiger charge is 2.18. The van der Waals surface area contributed by atoms with Crippen molar-refractivity contribution >= 4 is 17.6 Å². The highest BCUT2D eigenvalue weighted by molar-refractivity contribution is 5.95. The maximum Gasteiger partial charge on any atom is 0.341 e. The number of hydrogen-bond acceptors (Lipinski definition) is 5. The Kier molecular flexibility index (Phi) is 1.60. The van der Waals surface area contributed by atoms with Crippen LogP contribution in [0, 0.1) is 6.92 Å². The van der Waals surface area contributed by atoms with Crippen molar-refractivity contribution in [3.05, 3.63) is 17.6 Å². The molecule has 7 heteroatoms. The predicted molar refractivity (Wildman–Crippen MR) is 46.9 cm³/mol. The number of nitrogens with two attached hydrogens (primary N) is 1. The number of rotatable bonds is 1. The Labute approximate surface area is 78.2 Å². The van der Waals surface area contributed by atoms with Crippen LogP contribution in [0.2, 0.25) is 0 Å². The van der Waals surface area contributed by atoms with Crippen LogP contribution in [0.4, 0.5) is 5.95 Å². The van der Waals surface area contributed by atoms with E-state index in [-0.39, 0.29) is 17.2 Å². The van der Waals surface area contributed by atoms with Crippen LogP contribution >= 0.6 is 0 Å². The summed E-state index contributed by atoms with van der Waals surface area (Å²) in [6.45, 7) is 1.58. The molecule has 0 saturated carbocycles. The van der Waals surface area contributed by atoms with Gasteiger partial charge >= 0.3 is 5.97 Å². The molecule has 0 unspecified atom stereocenters. The molecule has 0 saturated heterocycles. The zero-order valence-corrected chi connectivity index (χ0v) is 7.30. The normalized spacial score (nSPS) is 10.6. The zero-order valence-electron chi connectivity index (χ0n) is 7.30. The van der Waals surface area contributed by atoms with E-state index in [0.29, 0.717) is 5.69 Å². The fourth-order valence-corrected chi connectivity index (χ4v) is 1.24. The van der Waals surface area contributed by atoms with Crippen LogP contribution in [0.15, 0.2) is 6.33 Å². The van der Waals surface area contributed by atoms with Gasteiger partial charge < -0.3 is 10.8 Å². The van der Waals surface area contributed by atoms with Crippen LogP contribution in [-0.4, -0.2) is 30.7 Å². The highest BCUT2D eigenvalue weighted by atomic mass is 16.4. The Morgan fingerprint density at radius 2 is 2.29 bits per heavy atom. The standard InChI is InChI=1S/C7H7N5O2/c1-3-4(6(13)14)5-9-2-10-7(8)12(5)11-3/h2H,1H3,(H,13,14)(H2,8,9,10). The summed E-state index contributed by atoms with van der Waals surface area (Å²) in [5.41, 5.74) is 6.13. The minimum Gasteiger partial charge on any atom is -0.477 e. The molecule has 14 heavy (non-hydrogen) atoms. The smallest absolute Gasteiger partial charge is 0.341 e. The summed E-state index contributed by atoms with van der Waals surface area (Å²) in [6, 6.07) is 0. The van der Waals surface area contributed by atoms with Gasteiger partial charge in [0.2, 0.25) is 5.95 Å². The number of carbonyl (C=O) groups is 1. The van der Waals surface area contributed by atoms with Gasteiger partial charge in [-0.1, -0.05) is 0 Å². The molecular formula is C7H7N5O2. The van der Waals surface area contributed by atoms with E-state index in [0.717, 1.165) is 0 Å². The number of carboxylic acid groups (broad SMARTS) is 1. The number of nitrogen functional groups attached to an aromatic ring is 1. The van der Waals surface area contributed by atoms with Gasteiger partial charge in [-0.2, -0.15) is 9.61 Å². The lowest BCUT2D eigenvalue weighted by Crippen LogP contribution is -2.04. The number of anilines is 1. The summed E-state index contributed by atoms with van der Waals surface area (Å²) < 4.78 is 1.21. The maximum atomic E-state index is 10.9. The molecule has 0 aromatic carbocycles. The first kappa shape index (κ1) is 8.42. The van der Waals surface area contributed by atoms with E-state index < -0.39 is 5.97 Å². The average Bonchev–Trinajstić information content (AvgIpc) is 2.42. The monoisotopic (exact) mass is 193 g/mol. The van der Waals surface area contributed by atoms with Gasteiger partial charge in [-0.25, -0.2) is 14.8 Å². The molecule has 0 aliphatic rings. The Bertz CT molecular complexity index is 518. The van der Waals surface area contributed by atoms with Gasteiger partial charge in [-0.05, 0) is 6.92 Å². The molecule has 72 valence electrons. The average molecular weight is 193 g/mol. The minimum atomic E-state index is -1.07. The van der Waals surface area contributed by atoms with Crippen LogP contribution < -0.4 is 5.73 Å². The molecular weight excluding hydrogens is 186 g/mol. The van der Waals surface area contributed by atoms with Crippen LogP contribution in [-0.2, 0) is 0 Å². The Morgan fingerprint density at radius 3 is 2.93 bits per heavy atom. The zero-order chi connectivity index (χ0) is 10.3. The first-order valence-corrected chi connectivity index (χ1v) is 3.80. The third kappa shape index (κ3) is 0.987. The van der Waals surface area contributed by atoms with E-state index in [9.17, 15) is 4.79 Å². The second-order valence-corrected chi connectivity index (χ2v) is 2.73. The summed E-state index contributed by atoms with van der Waals surface area (Å²) in [4.78, 5) is 18.4. The number of nitrogens with zero attached hydrogens (tertiary/aromatic N) is 4. The minimum absolute atomic E-state index is 0.0547. The third-order valence-electron chi connectivity index (χ3n) is 1.84. The Morgan fingerprint density at radius 1 is 1.57 bits per heavy atom. The molecule has 0 aliphatic heterocycles. The SMILES string of the molecule is Cc1nn2c(N)ncnc2c1C(=O)O. The largest absolute Gasteiger partial charge is 0.477 e. The number of aromatic carboxylic acids is 1. The van der Waals surface area contributed by atoms with Crippen molar-refractivity contribution in [1.82, 2.24) is 19.6 Å². The van der Waals surface area contributed by atoms with Crippen LogP contribution in [0.5, 0.6) is 0 Å². The fourth-order valence-electron chi connectivity index (χ4n) is 1.24. The van der Waals surface area contributed by atoms with Gasteiger partial charge in [0.15, 0.2) is 5.65 Å². The molecule has 0 bridgehead atoms. The van der Waals surface area contributed by atoms with E-state index in [1.54, 1.807) is 6.92 Å². The highest BCUT2D eigenvalue weighted by Crippen LogP contribution is 2.13. The summed E-state index contributed by atoms with van der Waals surface area (Å²) in [5.74, 6) is -0.957. The second kappa shape index (κ2) is 2.66. The number of aromatic nitrogens is 4. The molecule has 2 rings (SSSR count). The van der Waals surface area contributed by atoms with Crippen molar-refractivity contribution in [1.29, 1.82) is 0 Å². The Hall–Kier alpha value is -2.18. The first-order chi connectivity index (χ1) is 6.61. The van der Waals surface area contributed by atoms with E-state index in [2.05, 4.69) is 15.1 Å². The molecule has 0 radical (unpaired) electrons. The van der Waals surface area contributed by atoms with Crippen molar-refractivity contribution in [2.45, 2.75) is 6.92 Å². The number of fused-ring (bicyclic) bond motifs is 1. The lowest BCUT2D eigenvalue weighted by Gasteiger charge is -1.94. The lowest BCUT2D eigenvalue weighted by atomic mass is 10.2. The fraction of sp³-hybridized carbons (Fsp3) is 0.143. The van der Waals surface area contributed by atoms with E-state index in [4.69, 9.17) is 10.8 Å². The predicted octanol–water partition coefficient (Wildman–Crippen LogP) is -0.287. The van der Waals surface area contributed by atoms with Crippen molar-refractivity contribution < 1.29 is 9.90 Å². The molecule has 0 atom stereocenters. The molecule has 0 fully saturated rings. The van der Waals surface area contributed by atoms with E-state index >= 15 is 0 Å². The number of aryl methyl sites for hydroxylation is 1. The van der Waals surface area contributed by atoms with Crippen molar-refractivity contribution in [3.63, 3.8) is 0 Å². The van der Waals surface area contributed by atoms with Crippen molar-refractivity contribution in [2.24, 2.45) is 0 Å². The van der Waals surface area contributed by atoms with Gasteiger partial charge in [0.1, 0.15) is 11.9 Å². The molecule has 0 aliphatic carbocycles.